The standard InChI is InChI=1S/C15H22O3/c1-11(2)18-13-8-4-3-7-12(13)14(16)15(17)9-5-6-10-15/h3-4,7-8,11,14,16-17H,5-6,9-10H2,1-2H3. The van der Waals surface area contributed by atoms with Gasteiger partial charge in [-0.1, -0.05) is 31.0 Å². The molecule has 1 aromatic rings. The third-order valence-corrected chi connectivity index (χ3v) is 3.55. The largest absolute Gasteiger partial charge is 0.491 e. The van der Waals surface area contributed by atoms with Crippen LogP contribution in [-0.4, -0.2) is 21.9 Å². The van der Waals surface area contributed by atoms with Crippen LogP contribution in [0.5, 0.6) is 5.75 Å². The molecule has 1 saturated carbocycles. The van der Waals surface area contributed by atoms with Gasteiger partial charge in [0, 0.05) is 5.56 Å². The van der Waals surface area contributed by atoms with Crippen LogP contribution in [0.4, 0.5) is 0 Å². The normalized spacial score (nSPS) is 20.1. The molecule has 1 aliphatic carbocycles. The topological polar surface area (TPSA) is 49.7 Å². The molecule has 1 aliphatic rings. The van der Waals surface area contributed by atoms with Gasteiger partial charge < -0.3 is 14.9 Å². The summed E-state index contributed by atoms with van der Waals surface area (Å²) in [6.45, 7) is 3.90. The third kappa shape index (κ3) is 2.68. The van der Waals surface area contributed by atoms with E-state index in [1.807, 2.05) is 38.1 Å². The maximum Gasteiger partial charge on any atom is 0.125 e. The molecule has 0 aromatic heterocycles. The SMILES string of the molecule is CC(C)Oc1ccccc1C(O)C1(O)CCCC1. The highest BCUT2D eigenvalue weighted by Crippen LogP contribution is 2.42. The van der Waals surface area contributed by atoms with Crippen LogP contribution in [-0.2, 0) is 0 Å². The van der Waals surface area contributed by atoms with Crippen LogP contribution in [0.2, 0.25) is 0 Å². The van der Waals surface area contributed by atoms with Crippen LogP contribution in [0.3, 0.4) is 0 Å². The maximum absolute atomic E-state index is 10.5. The molecule has 1 unspecified atom stereocenters. The van der Waals surface area contributed by atoms with E-state index in [9.17, 15) is 10.2 Å². The predicted octanol–water partition coefficient (Wildman–Crippen LogP) is 2.81. The molecule has 0 saturated heterocycles. The number of hydrogen-bond donors (Lipinski definition) is 2. The Morgan fingerprint density at radius 2 is 1.78 bits per heavy atom. The molecule has 2 rings (SSSR count). The lowest BCUT2D eigenvalue weighted by Gasteiger charge is -2.30. The molecule has 0 heterocycles. The highest BCUT2D eigenvalue weighted by molar-refractivity contribution is 5.36. The average molecular weight is 250 g/mol. The van der Waals surface area contributed by atoms with Crippen molar-refractivity contribution in [3.8, 4) is 5.75 Å². The van der Waals surface area contributed by atoms with Gasteiger partial charge in [0.15, 0.2) is 0 Å². The van der Waals surface area contributed by atoms with Crippen LogP contribution in [0.15, 0.2) is 24.3 Å². The fourth-order valence-electron chi connectivity index (χ4n) is 2.62. The highest BCUT2D eigenvalue weighted by Gasteiger charge is 2.40. The lowest BCUT2D eigenvalue weighted by atomic mass is 9.89. The highest BCUT2D eigenvalue weighted by atomic mass is 16.5. The second kappa shape index (κ2) is 5.29. The van der Waals surface area contributed by atoms with Gasteiger partial charge in [0.1, 0.15) is 11.9 Å². The number of aliphatic hydroxyl groups is 2. The molecular formula is C15H22O3. The van der Waals surface area contributed by atoms with E-state index in [0.29, 0.717) is 24.2 Å². The minimum Gasteiger partial charge on any atom is -0.491 e. The summed E-state index contributed by atoms with van der Waals surface area (Å²) >= 11 is 0. The summed E-state index contributed by atoms with van der Waals surface area (Å²) in [5.74, 6) is 0.667. The molecule has 0 radical (unpaired) electrons. The third-order valence-electron chi connectivity index (χ3n) is 3.55. The molecule has 0 bridgehead atoms. The molecule has 0 aliphatic heterocycles. The molecule has 0 spiro atoms. The summed E-state index contributed by atoms with van der Waals surface area (Å²) in [5.41, 5.74) is -0.299. The monoisotopic (exact) mass is 250 g/mol. The van der Waals surface area contributed by atoms with Gasteiger partial charge in [-0.15, -0.1) is 0 Å². The van der Waals surface area contributed by atoms with E-state index >= 15 is 0 Å². The first-order valence-corrected chi connectivity index (χ1v) is 6.69. The maximum atomic E-state index is 10.5. The van der Waals surface area contributed by atoms with Crippen LogP contribution >= 0.6 is 0 Å². The van der Waals surface area contributed by atoms with Crippen molar-refractivity contribution >= 4 is 0 Å². The summed E-state index contributed by atoms with van der Waals surface area (Å²) < 4.78 is 5.70. The van der Waals surface area contributed by atoms with Crippen LogP contribution in [0.1, 0.15) is 51.2 Å². The molecule has 0 amide bonds. The number of rotatable bonds is 4. The van der Waals surface area contributed by atoms with Crippen LogP contribution in [0, 0.1) is 0 Å². The summed E-state index contributed by atoms with van der Waals surface area (Å²) in [5, 5.41) is 20.9. The Balaban J connectivity index is 2.26. The van der Waals surface area contributed by atoms with Crippen molar-refractivity contribution in [2.45, 2.75) is 57.3 Å². The lowest BCUT2D eigenvalue weighted by Crippen LogP contribution is -2.33. The number of ether oxygens (including phenoxy) is 1. The Morgan fingerprint density at radius 1 is 1.17 bits per heavy atom. The lowest BCUT2D eigenvalue weighted by molar-refractivity contribution is -0.0730. The molecule has 100 valence electrons. The van der Waals surface area contributed by atoms with Crippen molar-refractivity contribution in [1.82, 2.24) is 0 Å². The van der Waals surface area contributed by atoms with Crippen LogP contribution in [0.25, 0.3) is 0 Å². The number of benzene rings is 1. The van der Waals surface area contributed by atoms with Gasteiger partial charge in [-0.25, -0.2) is 0 Å². The second-order valence-corrected chi connectivity index (χ2v) is 5.42. The molecule has 18 heavy (non-hydrogen) atoms. The molecule has 2 N–H and O–H groups in total. The minimum atomic E-state index is -0.990. The summed E-state index contributed by atoms with van der Waals surface area (Å²) in [6.07, 6.45) is 2.45. The summed E-state index contributed by atoms with van der Waals surface area (Å²) in [7, 11) is 0. The van der Waals surface area contributed by atoms with E-state index < -0.39 is 11.7 Å². The first-order chi connectivity index (χ1) is 8.53. The van der Waals surface area contributed by atoms with E-state index in [2.05, 4.69) is 0 Å². The quantitative estimate of drug-likeness (QED) is 0.864. The Kier molecular flexibility index (Phi) is 3.93. The molecule has 3 heteroatoms. The van der Waals surface area contributed by atoms with E-state index in [1.54, 1.807) is 0 Å². The fourth-order valence-corrected chi connectivity index (χ4v) is 2.62. The zero-order valence-electron chi connectivity index (χ0n) is 11.1. The van der Waals surface area contributed by atoms with Gasteiger partial charge in [-0.05, 0) is 32.8 Å². The van der Waals surface area contributed by atoms with E-state index in [1.165, 1.54) is 0 Å². The van der Waals surface area contributed by atoms with E-state index in [-0.39, 0.29) is 6.10 Å². The van der Waals surface area contributed by atoms with Crippen molar-refractivity contribution in [2.24, 2.45) is 0 Å². The predicted molar refractivity (Wildman–Crippen MR) is 70.6 cm³/mol. The van der Waals surface area contributed by atoms with Crippen molar-refractivity contribution < 1.29 is 14.9 Å². The number of hydrogen-bond acceptors (Lipinski definition) is 3. The minimum absolute atomic E-state index is 0.0524. The average Bonchev–Trinajstić information content (AvgIpc) is 2.76. The van der Waals surface area contributed by atoms with Crippen molar-refractivity contribution in [1.29, 1.82) is 0 Å². The second-order valence-electron chi connectivity index (χ2n) is 5.42. The van der Waals surface area contributed by atoms with Gasteiger partial charge >= 0.3 is 0 Å². The first-order valence-electron chi connectivity index (χ1n) is 6.69. The first kappa shape index (κ1) is 13.4. The smallest absolute Gasteiger partial charge is 0.125 e. The Labute approximate surface area is 108 Å². The fraction of sp³-hybridized carbons (Fsp3) is 0.600. The Bertz CT molecular complexity index is 394. The molecule has 3 nitrogen and oxygen atoms in total. The van der Waals surface area contributed by atoms with Gasteiger partial charge in [-0.2, -0.15) is 0 Å². The molecule has 1 atom stereocenters. The van der Waals surface area contributed by atoms with Gasteiger partial charge in [-0.3, -0.25) is 0 Å². The molecule has 1 aromatic carbocycles. The van der Waals surface area contributed by atoms with Crippen molar-refractivity contribution in [3.63, 3.8) is 0 Å². The van der Waals surface area contributed by atoms with Gasteiger partial charge in [0.2, 0.25) is 0 Å². The van der Waals surface area contributed by atoms with Crippen molar-refractivity contribution in [3.05, 3.63) is 29.8 Å². The molecular weight excluding hydrogens is 228 g/mol. The zero-order valence-corrected chi connectivity index (χ0v) is 11.1. The van der Waals surface area contributed by atoms with E-state index in [4.69, 9.17) is 4.74 Å². The van der Waals surface area contributed by atoms with Gasteiger partial charge in [0.05, 0.1) is 11.7 Å². The van der Waals surface area contributed by atoms with Gasteiger partial charge in [0.25, 0.3) is 0 Å². The number of aliphatic hydroxyl groups excluding tert-OH is 1. The zero-order chi connectivity index (χ0) is 13.2. The molecule has 1 fully saturated rings. The number of para-hydroxylation sites is 1. The Morgan fingerprint density at radius 3 is 2.39 bits per heavy atom. The van der Waals surface area contributed by atoms with Crippen LogP contribution < -0.4 is 4.74 Å². The van der Waals surface area contributed by atoms with E-state index in [0.717, 1.165) is 12.8 Å². The summed E-state index contributed by atoms with van der Waals surface area (Å²) in [6, 6.07) is 7.42. The summed E-state index contributed by atoms with van der Waals surface area (Å²) in [4.78, 5) is 0. The van der Waals surface area contributed by atoms with Crippen molar-refractivity contribution in [2.75, 3.05) is 0 Å². The Hall–Kier alpha value is -1.06.